The molecule has 0 aliphatic heterocycles. The molecule has 1 atom stereocenters. The predicted octanol–water partition coefficient (Wildman–Crippen LogP) is 5.15. The Morgan fingerprint density at radius 1 is 1.22 bits per heavy atom. The Kier molecular flexibility index (Phi) is 4.66. The number of hydrogen-bond donors (Lipinski definition) is 1. The lowest BCUT2D eigenvalue weighted by molar-refractivity contribution is 0.0922. The highest BCUT2D eigenvalue weighted by molar-refractivity contribution is 6.31. The van der Waals surface area contributed by atoms with E-state index in [1.165, 1.54) is 6.07 Å². The zero-order valence-corrected chi connectivity index (χ0v) is 14.8. The maximum atomic E-state index is 13.9. The van der Waals surface area contributed by atoms with Crippen LogP contribution in [-0.4, -0.2) is 10.9 Å². The molecule has 0 spiro atoms. The minimum Gasteiger partial charge on any atom is -0.472 e. The summed E-state index contributed by atoms with van der Waals surface area (Å²) in [5.41, 5.74) is 1.49. The van der Waals surface area contributed by atoms with E-state index in [0.717, 1.165) is 36.1 Å². The molecule has 0 bridgehead atoms. The molecule has 0 saturated heterocycles. The Morgan fingerprint density at radius 3 is 2.56 bits per heavy atom. The highest BCUT2D eigenvalue weighted by Gasteiger charge is 2.36. The largest absolute Gasteiger partial charge is 0.472 e. The number of hydrogen-bond acceptors (Lipinski definition) is 3. The maximum absolute atomic E-state index is 13.9. The summed E-state index contributed by atoms with van der Waals surface area (Å²) < 4.78 is 32.9. The van der Waals surface area contributed by atoms with Crippen LogP contribution in [0.4, 0.5) is 8.78 Å². The number of furan rings is 1. The quantitative estimate of drug-likeness (QED) is 0.657. The number of carbonyl (C=O) groups excluding carboxylic acids is 1. The second-order valence-corrected chi connectivity index (χ2v) is 6.90. The van der Waals surface area contributed by atoms with Crippen LogP contribution in [0.1, 0.15) is 34.9 Å². The van der Waals surface area contributed by atoms with E-state index in [1.54, 1.807) is 30.9 Å². The summed E-state index contributed by atoms with van der Waals surface area (Å²) in [6, 6.07) is 6.33. The number of carbonyl (C=O) groups is 1. The van der Waals surface area contributed by atoms with Crippen molar-refractivity contribution in [3.8, 4) is 11.1 Å². The Bertz CT molecular complexity index is 967. The van der Waals surface area contributed by atoms with Gasteiger partial charge in [-0.15, -0.1) is 0 Å². The van der Waals surface area contributed by atoms with Gasteiger partial charge in [-0.05, 0) is 43.0 Å². The molecule has 7 heteroatoms. The van der Waals surface area contributed by atoms with Crippen LogP contribution in [0.5, 0.6) is 0 Å². The fourth-order valence-electron chi connectivity index (χ4n) is 3.03. The summed E-state index contributed by atoms with van der Waals surface area (Å²) in [5.74, 6) is -2.50. The highest BCUT2D eigenvalue weighted by atomic mass is 35.5. The van der Waals surface area contributed by atoms with Gasteiger partial charge >= 0.3 is 0 Å². The predicted molar refractivity (Wildman–Crippen MR) is 96.2 cm³/mol. The lowest BCUT2D eigenvalue weighted by Gasteiger charge is -2.20. The zero-order chi connectivity index (χ0) is 19.0. The van der Waals surface area contributed by atoms with Crippen molar-refractivity contribution in [1.29, 1.82) is 0 Å². The van der Waals surface area contributed by atoms with E-state index < -0.39 is 29.1 Å². The van der Waals surface area contributed by atoms with E-state index >= 15 is 0 Å². The monoisotopic (exact) mass is 388 g/mol. The normalized spacial score (nSPS) is 14.8. The lowest BCUT2D eigenvalue weighted by atomic mass is 10.0. The fourth-order valence-corrected chi connectivity index (χ4v) is 3.31. The first-order valence-corrected chi connectivity index (χ1v) is 8.85. The number of halogens is 3. The average Bonchev–Trinajstić information content (AvgIpc) is 3.33. The van der Waals surface area contributed by atoms with E-state index in [9.17, 15) is 13.6 Å². The molecule has 0 radical (unpaired) electrons. The summed E-state index contributed by atoms with van der Waals surface area (Å²) in [4.78, 5) is 16.9. The number of nitrogens with one attached hydrogen (secondary N) is 1. The van der Waals surface area contributed by atoms with Gasteiger partial charge in [0.2, 0.25) is 0 Å². The smallest absolute Gasteiger partial charge is 0.257 e. The summed E-state index contributed by atoms with van der Waals surface area (Å²) in [5, 5.41) is 3.08. The first-order valence-electron chi connectivity index (χ1n) is 8.47. The van der Waals surface area contributed by atoms with Gasteiger partial charge in [-0.2, -0.15) is 0 Å². The number of benzene rings is 1. The molecule has 1 amide bonds. The minimum absolute atomic E-state index is 0.133. The van der Waals surface area contributed by atoms with Crippen molar-refractivity contribution < 1.29 is 18.0 Å². The topological polar surface area (TPSA) is 55.1 Å². The average molecular weight is 389 g/mol. The van der Waals surface area contributed by atoms with Gasteiger partial charge in [0.15, 0.2) is 0 Å². The molecule has 1 fully saturated rings. The Balaban J connectivity index is 1.63. The van der Waals surface area contributed by atoms with Gasteiger partial charge in [0.05, 0.1) is 29.3 Å². The van der Waals surface area contributed by atoms with Crippen molar-refractivity contribution >= 4 is 17.5 Å². The molecule has 1 saturated carbocycles. The first-order chi connectivity index (χ1) is 13.0. The molecule has 1 aromatic carbocycles. The van der Waals surface area contributed by atoms with Gasteiger partial charge in [-0.25, -0.2) is 8.78 Å². The second kappa shape index (κ2) is 7.12. The van der Waals surface area contributed by atoms with E-state index in [4.69, 9.17) is 16.0 Å². The standard InChI is InChI=1S/C20H15ClF2N2O2/c21-14-8-13(12-6-7-27-10-12)9-24-19(14)18(11-4-5-11)25-20(26)17-15(22)2-1-3-16(17)23/h1-3,6-11,18H,4-5H2,(H,25,26). The van der Waals surface area contributed by atoms with E-state index in [-0.39, 0.29) is 5.92 Å². The molecule has 27 heavy (non-hydrogen) atoms. The van der Waals surface area contributed by atoms with E-state index in [0.29, 0.717) is 10.7 Å². The summed E-state index contributed by atoms with van der Waals surface area (Å²) in [6.45, 7) is 0. The summed E-state index contributed by atoms with van der Waals surface area (Å²) in [7, 11) is 0. The Morgan fingerprint density at radius 2 is 1.96 bits per heavy atom. The summed E-state index contributed by atoms with van der Waals surface area (Å²) in [6.07, 6.45) is 6.52. The van der Waals surface area contributed by atoms with Crippen LogP contribution >= 0.6 is 11.6 Å². The van der Waals surface area contributed by atoms with Gasteiger partial charge in [-0.3, -0.25) is 9.78 Å². The van der Waals surface area contributed by atoms with E-state index in [1.807, 2.05) is 0 Å². The highest BCUT2D eigenvalue weighted by Crippen LogP contribution is 2.43. The maximum Gasteiger partial charge on any atom is 0.257 e. The number of aromatic nitrogens is 1. The van der Waals surface area contributed by atoms with E-state index in [2.05, 4.69) is 10.3 Å². The van der Waals surface area contributed by atoms with Crippen molar-refractivity contribution in [3.63, 3.8) is 0 Å². The molecule has 2 aromatic heterocycles. The van der Waals surface area contributed by atoms with Gasteiger partial charge in [0, 0.05) is 17.3 Å². The number of amides is 1. The molecule has 1 aliphatic carbocycles. The lowest BCUT2D eigenvalue weighted by Crippen LogP contribution is -2.32. The van der Waals surface area contributed by atoms with Crippen LogP contribution in [0.15, 0.2) is 53.5 Å². The molecule has 4 rings (SSSR count). The molecule has 1 unspecified atom stereocenters. The number of pyridine rings is 1. The van der Waals surface area contributed by atoms with Crippen LogP contribution in [0.25, 0.3) is 11.1 Å². The van der Waals surface area contributed by atoms with Crippen LogP contribution in [0, 0.1) is 17.6 Å². The molecular formula is C20H15ClF2N2O2. The molecule has 3 aromatic rings. The van der Waals surface area contributed by atoms with Gasteiger partial charge in [0.1, 0.15) is 17.2 Å². The number of nitrogens with zero attached hydrogens (tertiary/aromatic N) is 1. The molecule has 138 valence electrons. The van der Waals surface area contributed by atoms with Crippen molar-refractivity contribution in [2.75, 3.05) is 0 Å². The van der Waals surface area contributed by atoms with Gasteiger partial charge < -0.3 is 9.73 Å². The molecule has 1 N–H and O–H groups in total. The van der Waals surface area contributed by atoms with Gasteiger partial charge in [-0.1, -0.05) is 17.7 Å². The fraction of sp³-hybridized carbons (Fsp3) is 0.200. The second-order valence-electron chi connectivity index (χ2n) is 6.49. The minimum atomic E-state index is -0.906. The molecule has 2 heterocycles. The number of rotatable bonds is 5. The van der Waals surface area contributed by atoms with Gasteiger partial charge in [0.25, 0.3) is 5.91 Å². The third-order valence-corrected chi connectivity index (χ3v) is 4.89. The summed E-state index contributed by atoms with van der Waals surface area (Å²) >= 11 is 6.41. The van der Waals surface area contributed by atoms with Crippen LogP contribution < -0.4 is 5.32 Å². The van der Waals surface area contributed by atoms with Crippen molar-refractivity contribution in [2.45, 2.75) is 18.9 Å². The molecular weight excluding hydrogens is 374 g/mol. The van der Waals surface area contributed by atoms with Crippen molar-refractivity contribution in [1.82, 2.24) is 10.3 Å². The SMILES string of the molecule is O=C(NC(c1ncc(-c2ccoc2)cc1Cl)C1CC1)c1c(F)cccc1F. The third-order valence-electron chi connectivity index (χ3n) is 4.59. The van der Waals surface area contributed by atoms with Crippen LogP contribution in [0.3, 0.4) is 0 Å². The first kappa shape index (κ1) is 17.7. The van der Waals surface area contributed by atoms with Crippen LogP contribution in [-0.2, 0) is 0 Å². The molecule has 4 nitrogen and oxygen atoms in total. The molecule has 1 aliphatic rings. The van der Waals surface area contributed by atoms with Crippen molar-refractivity contribution in [2.24, 2.45) is 5.92 Å². The Hall–Kier alpha value is -2.73. The third kappa shape index (κ3) is 3.57. The van der Waals surface area contributed by atoms with Crippen molar-refractivity contribution in [3.05, 3.63) is 77.0 Å². The zero-order valence-electron chi connectivity index (χ0n) is 14.1. The van der Waals surface area contributed by atoms with Crippen LogP contribution in [0.2, 0.25) is 5.02 Å². The Labute approximate surface area is 159 Å².